The number of carbonyl (C=O) groups is 1. The van der Waals surface area contributed by atoms with Crippen molar-refractivity contribution >= 4 is 16.8 Å². The van der Waals surface area contributed by atoms with Crippen LogP contribution >= 0.6 is 0 Å². The molecule has 1 N–H and O–H groups in total. The summed E-state index contributed by atoms with van der Waals surface area (Å²) < 4.78 is 13.4. The van der Waals surface area contributed by atoms with Crippen LogP contribution in [0.4, 0.5) is 0 Å². The number of hydrogen-bond donors (Lipinski definition) is 1. The number of fused-ring (bicyclic) bond motifs is 3. The molecule has 0 aliphatic carbocycles. The van der Waals surface area contributed by atoms with Gasteiger partial charge in [-0.05, 0) is 31.4 Å². The van der Waals surface area contributed by atoms with Crippen molar-refractivity contribution in [3.8, 4) is 5.75 Å². The first kappa shape index (κ1) is 21.9. The van der Waals surface area contributed by atoms with Gasteiger partial charge in [-0.2, -0.15) is 5.10 Å². The van der Waals surface area contributed by atoms with E-state index >= 15 is 0 Å². The molecule has 7 nitrogen and oxygen atoms in total. The number of amides is 1. The molecule has 3 aromatic rings. The summed E-state index contributed by atoms with van der Waals surface area (Å²) in [5.74, 6) is 0.838. The highest BCUT2D eigenvalue weighted by molar-refractivity contribution is 6.05. The van der Waals surface area contributed by atoms with Crippen molar-refractivity contribution in [2.45, 2.75) is 57.4 Å². The Labute approximate surface area is 194 Å². The molecule has 7 heteroatoms. The third kappa shape index (κ3) is 4.35. The molecule has 2 unspecified atom stereocenters. The molecule has 0 radical (unpaired) electrons. The maximum Gasteiger partial charge on any atom is 0.272 e. The van der Waals surface area contributed by atoms with E-state index in [9.17, 15) is 4.79 Å². The van der Waals surface area contributed by atoms with Crippen molar-refractivity contribution in [3.05, 3.63) is 59.8 Å². The van der Waals surface area contributed by atoms with Crippen molar-refractivity contribution in [3.63, 3.8) is 0 Å². The summed E-state index contributed by atoms with van der Waals surface area (Å²) in [6.45, 7) is 5.13. The Kier molecular flexibility index (Phi) is 6.33. The fraction of sp³-hybridized carbons (Fsp3) is 0.462. The lowest BCUT2D eigenvalue weighted by molar-refractivity contribution is -0.0845. The number of hydrogen-bond acceptors (Lipinski definition) is 5. The summed E-state index contributed by atoms with van der Waals surface area (Å²) in [7, 11) is 1.72. The van der Waals surface area contributed by atoms with E-state index in [0.717, 1.165) is 49.0 Å². The molecule has 2 aliphatic rings. The minimum atomic E-state index is -0.0803. The molecule has 2 saturated heterocycles. The molecule has 2 bridgehead atoms. The van der Waals surface area contributed by atoms with E-state index < -0.39 is 0 Å². The zero-order valence-electron chi connectivity index (χ0n) is 19.4. The topological polar surface area (TPSA) is 68.6 Å². The first-order valence-electron chi connectivity index (χ1n) is 11.9. The van der Waals surface area contributed by atoms with Crippen molar-refractivity contribution in [2.24, 2.45) is 0 Å². The van der Waals surface area contributed by atoms with Gasteiger partial charge in [0.05, 0.1) is 25.8 Å². The van der Waals surface area contributed by atoms with Crippen molar-refractivity contribution < 1.29 is 14.3 Å². The van der Waals surface area contributed by atoms with Crippen LogP contribution in [0.1, 0.15) is 42.2 Å². The number of methoxy groups -OCH3 is 1. The summed E-state index contributed by atoms with van der Waals surface area (Å²) in [4.78, 5) is 15.8. The molecule has 1 amide bonds. The number of piperidine rings is 1. The second-order valence-corrected chi connectivity index (χ2v) is 9.06. The van der Waals surface area contributed by atoms with Crippen LogP contribution in [-0.4, -0.2) is 59.0 Å². The molecule has 2 atom stereocenters. The van der Waals surface area contributed by atoms with E-state index in [1.165, 1.54) is 5.56 Å². The van der Waals surface area contributed by atoms with Gasteiger partial charge in [0.25, 0.3) is 5.91 Å². The van der Waals surface area contributed by atoms with Gasteiger partial charge in [0, 0.05) is 42.2 Å². The normalized spacial score (nSPS) is 22.9. The van der Waals surface area contributed by atoms with E-state index in [1.54, 1.807) is 7.11 Å². The third-order valence-corrected chi connectivity index (χ3v) is 6.86. The van der Waals surface area contributed by atoms with Crippen molar-refractivity contribution in [1.82, 2.24) is 20.0 Å². The zero-order valence-corrected chi connectivity index (χ0v) is 19.4. The van der Waals surface area contributed by atoms with E-state index in [1.807, 2.05) is 41.1 Å². The molecule has 2 fully saturated rings. The van der Waals surface area contributed by atoms with Crippen LogP contribution in [0, 0.1) is 0 Å². The van der Waals surface area contributed by atoms with Crippen molar-refractivity contribution in [2.75, 3.05) is 20.3 Å². The molecule has 0 spiro atoms. The van der Waals surface area contributed by atoms with E-state index in [0.29, 0.717) is 18.9 Å². The molecule has 0 saturated carbocycles. The lowest BCUT2D eigenvalue weighted by Crippen LogP contribution is -2.60. The van der Waals surface area contributed by atoms with Crippen LogP contribution in [0.25, 0.3) is 10.9 Å². The monoisotopic (exact) mass is 448 g/mol. The second kappa shape index (κ2) is 9.53. The van der Waals surface area contributed by atoms with Gasteiger partial charge in [-0.25, -0.2) is 0 Å². The summed E-state index contributed by atoms with van der Waals surface area (Å²) in [5.41, 5.74) is 2.73. The summed E-state index contributed by atoms with van der Waals surface area (Å²) in [5, 5.41) is 8.88. The average molecular weight is 449 g/mol. The van der Waals surface area contributed by atoms with Crippen LogP contribution < -0.4 is 10.1 Å². The predicted octanol–water partition coefficient (Wildman–Crippen LogP) is 3.62. The minimum Gasteiger partial charge on any atom is -0.496 e. The number of carbonyl (C=O) groups excluding carboxylic acids is 1. The van der Waals surface area contributed by atoms with Crippen LogP contribution in [0.3, 0.4) is 0 Å². The van der Waals surface area contributed by atoms with Crippen LogP contribution in [0.2, 0.25) is 0 Å². The Bertz CT molecular complexity index is 1110. The van der Waals surface area contributed by atoms with Gasteiger partial charge in [-0.3, -0.25) is 14.4 Å². The highest BCUT2D eigenvalue weighted by Gasteiger charge is 2.40. The lowest BCUT2D eigenvalue weighted by Gasteiger charge is -2.48. The number of morpholine rings is 1. The summed E-state index contributed by atoms with van der Waals surface area (Å²) in [6, 6.07) is 16.8. The first-order chi connectivity index (χ1) is 16.2. The van der Waals surface area contributed by atoms with Crippen LogP contribution in [0.5, 0.6) is 5.75 Å². The second-order valence-electron chi connectivity index (χ2n) is 9.06. The van der Waals surface area contributed by atoms with Gasteiger partial charge in [0.15, 0.2) is 5.69 Å². The Balaban J connectivity index is 1.31. The van der Waals surface area contributed by atoms with Gasteiger partial charge >= 0.3 is 0 Å². The summed E-state index contributed by atoms with van der Waals surface area (Å²) in [6.07, 6.45) is 2.71. The molecule has 3 heterocycles. The SMILES string of the molecule is CCCn1nc(C(=O)NC2CC3COCC(C2)N3Cc2ccccc2OC)c2ccccc21. The van der Waals surface area contributed by atoms with Gasteiger partial charge in [0.2, 0.25) is 0 Å². The van der Waals surface area contributed by atoms with E-state index in [-0.39, 0.29) is 24.0 Å². The number of nitrogens with one attached hydrogen (secondary N) is 1. The Morgan fingerprint density at radius 2 is 1.85 bits per heavy atom. The highest BCUT2D eigenvalue weighted by atomic mass is 16.5. The van der Waals surface area contributed by atoms with Crippen LogP contribution in [-0.2, 0) is 17.8 Å². The molecular formula is C26H32N4O3. The fourth-order valence-corrected chi connectivity index (χ4v) is 5.33. The number of aromatic nitrogens is 2. The smallest absolute Gasteiger partial charge is 0.272 e. The van der Waals surface area contributed by atoms with Gasteiger partial charge in [0.1, 0.15) is 5.75 Å². The summed E-state index contributed by atoms with van der Waals surface area (Å²) >= 11 is 0. The van der Waals surface area contributed by atoms with Gasteiger partial charge < -0.3 is 14.8 Å². The standard InChI is InChI=1S/C26H32N4O3/c1-3-12-30-23-10-6-5-9-22(23)25(28-30)26(31)27-19-13-20-16-33-17-21(14-19)29(20)15-18-8-4-7-11-24(18)32-2/h4-11,19-21H,3,12-17H2,1-2H3,(H,27,31). The molecule has 174 valence electrons. The van der Waals surface area contributed by atoms with Crippen molar-refractivity contribution in [1.29, 1.82) is 0 Å². The zero-order chi connectivity index (χ0) is 22.8. The fourth-order valence-electron chi connectivity index (χ4n) is 5.33. The molecular weight excluding hydrogens is 416 g/mol. The maximum atomic E-state index is 13.3. The van der Waals surface area contributed by atoms with E-state index in [4.69, 9.17) is 9.47 Å². The van der Waals surface area contributed by atoms with E-state index in [2.05, 4.69) is 34.4 Å². The predicted molar refractivity (Wildman–Crippen MR) is 127 cm³/mol. The molecule has 1 aromatic heterocycles. The third-order valence-electron chi connectivity index (χ3n) is 6.86. The Morgan fingerprint density at radius 1 is 1.12 bits per heavy atom. The van der Waals surface area contributed by atoms with Gasteiger partial charge in [-0.15, -0.1) is 0 Å². The molecule has 5 rings (SSSR count). The highest BCUT2D eigenvalue weighted by Crippen LogP contribution is 2.32. The number of rotatable bonds is 7. The Hall–Kier alpha value is -2.90. The largest absolute Gasteiger partial charge is 0.496 e. The lowest BCUT2D eigenvalue weighted by atomic mass is 9.89. The first-order valence-corrected chi connectivity index (χ1v) is 11.9. The number of aryl methyl sites for hydroxylation is 1. The number of para-hydroxylation sites is 2. The molecule has 2 aromatic carbocycles. The molecule has 2 aliphatic heterocycles. The number of benzene rings is 2. The number of nitrogens with zero attached hydrogens (tertiary/aromatic N) is 3. The van der Waals surface area contributed by atoms with Crippen LogP contribution in [0.15, 0.2) is 48.5 Å². The Morgan fingerprint density at radius 3 is 2.61 bits per heavy atom. The number of ether oxygens (including phenoxy) is 2. The average Bonchev–Trinajstić information content (AvgIpc) is 3.19. The maximum absolute atomic E-state index is 13.3. The quantitative estimate of drug-likeness (QED) is 0.598. The minimum absolute atomic E-state index is 0.0803. The molecule has 33 heavy (non-hydrogen) atoms. The van der Waals surface area contributed by atoms with Gasteiger partial charge in [-0.1, -0.05) is 43.3 Å².